The van der Waals surface area contributed by atoms with Crippen LogP contribution in [0.4, 0.5) is 11.4 Å². The average Bonchev–Trinajstić information content (AvgIpc) is 2.99. The van der Waals surface area contributed by atoms with Crippen LogP contribution in [-0.2, 0) is 6.42 Å². The van der Waals surface area contributed by atoms with Gasteiger partial charge in [0.05, 0.1) is 19.8 Å². The van der Waals surface area contributed by atoms with Crippen molar-refractivity contribution < 1.29 is 23.8 Å². The minimum atomic E-state index is -0.267. The Morgan fingerprint density at radius 3 is 1.82 bits per heavy atom. The molecule has 3 aromatic carbocycles. The van der Waals surface area contributed by atoms with Gasteiger partial charge in [-0.25, -0.2) is 0 Å². The number of amides is 2. The normalized spacial score (nSPS) is 13.1. The monoisotopic (exact) mass is 545 g/mol. The molecular formula is C32H39N3O5. The number of hydrogen-bond acceptors (Lipinski definition) is 6. The number of carbonyl (C=O) groups excluding carboxylic acids is 2. The SMILES string of the molecule is CCOc1cc(C(=O)Nc2ccc(N3CCN(C(=O)c4ccc(CC)cc4)CC3)cc2)cc(OCC)c1OCC. The number of hydrogen-bond donors (Lipinski definition) is 1. The number of piperazine rings is 1. The first kappa shape index (κ1) is 28.8. The molecule has 0 aromatic heterocycles. The van der Waals surface area contributed by atoms with Crippen molar-refractivity contribution in [3.05, 3.63) is 77.4 Å². The van der Waals surface area contributed by atoms with E-state index in [-0.39, 0.29) is 11.8 Å². The quantitative estimate of drug-likeness (QED) is 0.335. The molecule has 212 valence electrons. The van der Waals surface area contributed by atoms with Gasteiger partial charge in [0.2, 0.25) is 5.75 Å². The van der Waals surface area contributed by atoms with Crippen LogP contribution in [0, 0.1) is 0 Å². The Hall–Kier alpha value is -4.20. The molecule has 4 rings (SSSR count). The van der Waals surface area contributed by atoms with Gasteiger partial charge in [-0.05, 0) is 81.3 Å². The fourth-order valence-corrected chi connectivity index (χ4v) is 4.71. The van der Waals surface area contributed by atoms with E-state index in [1.807, 2.05) is 74.2 Å². The van der Waals surface area contributed by atoms with Crippen LogP contribution in [0.25, 0.3) is 0 Å². The zero-order valence-electron chi connectivity index (χ0n) is 23.9. The van der Waals surface area contributed by atoms with E-state index in [0.717, 1.165) is 30.8 Å². The lowest BCUT2D eigenvalue weighted by molar-refractivity contribution is 0.0746. The van der Waals surface area contributed by atoms with Crippen molar-refractivity contribution in [1.82, 2.24) is 4.90 Å². The molecule has 40 heavy (non-hydrogen) atoms. The summed E-state index contributed by atoms with van der Waals surface area (Å²) in [7, 11) is 0. The molecule has 0 unspecified atom stereocenters. The first-order chi connectivity index (χ1) is 19.5. The highest BCUT2D eigenvalue weighted by Crippen LogP contribution is 2.39. The van der Waals surface area contributed by atoms with Crippen molar-refractivity contribution >= 4 is 23.2 Å². The third-order valence-corrected chi connectivity index (χ3v) is 6.84. The largest absolute Gasteiger partial charge is 0.490 e. The Bertz CT molecular complexity index is 1260. The highest BCUT2D eigenvalue weighted by atomic mass is 16.5. The van der Waals surface area contributed by atoms with E-state index < -0.39 is 0 Å². The van der Waals surface area contributed by atoms with Crippen LogP contribution in [-0.4, -0.2) is 62.7 Å². The summed E-state index contributed by atoms with van der Waals surface area (Å²) in [5.74, 6) is 1.27. The molecule has 1 aliphatic heterocycles. The number of aryl methyl sites for hydroxylation is 1. The van der Waals surface area contributed by atoms with Crippen molar-refractivity contribution in [3.63, 3.8) is 0 Å². The molecule has 0 spiro atoms. The summed E-state index contributed by atoms with van der Waals surface area (Å²) >= 11 is 0. The smallest absolute Gasteiger partial charge is 0.255 e. The number of rotatable bonds is 11. The van der Waals surface area contributed by atoms with Gasteiger partial charge in [0.1, 0.15) is 0 Å². The highest BCUT2D eigenvalue weighted by Gasteiger charge is 2.23. The molecule has 0 radical (unpaired) electrons. The van der Waals surface area contributed by atoms with Crippen LogP contribution in [0.3, 0.4) is 0 Å². The predicted octanol–water partition coefficient (Wildman–Crippen LogP) is 5.66. The van der Waals surface area contributed by atoms with E-state index in [1.54, 1.807) is 12.1 Å². The first-order valence-corrected chi connectivity index (χ1v) is 14.1. The summed E-state index contributed by atoms with van der Waals surface area (Å²) in [5.41, 5.74) is 4.12. The Labute approximate surface area is 236 Å². The van der Waals surface area contributed by atoms with Gasteiger partial charge in [-0.3, -0.25) is 9.59 Å². The van der Waals surface area contributed by atoms with E-state index in [2.05, 4.69) is 17.1 Å². The summed E-state index contributed by atoms with van der Waals surface area (Å²) in [5, 5.41) is 2.96. The number of anilines is 2. The molecule has 1 heterocycles. The Morgan fingerprint density at radius 2 is 1.30 bits per heavy atom. The molecule has 8 nitrogen and oxygen atoms in total. The Kier molecular flexibility index (Phi) is 9.89. The maximum Gasteiger partial charge on any atom is 0.255 e. The Morgan fingerprint density at radius 1 is 0.725 bits per heavy atom. The van der Waals surface area contributed by atoms with Crippen molar-refractivity contribution in [2.24, 2.45) is 0 Å². The molecular weight excluding hydrogens is 506 g/mol. The number of nitrogens with one attached hydrogen (secondary N) is 1. The number of ether oxygens (including phenoxy) is 3. The van der Waals surface area contributed by atoms with Gasteiger partial charge in [-0.2, -0.15) is 0 Å². The van der Waals surface area contributed by atoms with Gasteiger partial charge >= 0.3 is 0 Å². The highest BCUT2D eigenvalue weighted by molar-refractivity contribution is 6.05. The maximum absolute atomic E-state index is 13.1. The molecule has 3 aromatic rings. The lowest BCUT2D eigenvalue weighted by Gasteiger charge is -2.36. The summed E-state index contributed by atoms with van der Waals surface area (Å²) in [6.45, 7) is 11.9. The second kappa shape index (κ2) is 13.7. The third kappa shape index (κ3) is 6.86. The van der Waals surface area contributed by atoms with E-state index >= 15 is 0 Å². The second-order valence-corrected chi connectivity index (χ2v) is 9.43. The topological polar surface area (TPSA) is 80.3 Å². The summed E-state index contributed by atoms with van der Waals surface area (Å²) in [4.78, 5) is 30.2. The van der Waals surface area contributed by atoms with Gasteiger partial charge < -0.3 is 29.3 Å². The van der Waals surface area contributed by atoms with E-state index in [1.165, 1.54) is 5.56 Å². The zero-order valence-corrected chi connectivity index (χ0v) is 23.9. The van der Waals surface area contributed by atoms with Crippen LogP contribution in [0.15, 0.2) is 60.7 Å². The summed E-state index contributed by atoms with van der Waals surface area (Å²) in [6.07, 6.45) is 0.959. The molecule has 1 fully saturated rings. The first-order valence-electron chi connectivity index (χ1n) is 14.1. The van der Waals surface area contributed by atoms with Crippen molar-refractivity contribution in [3.8, 4) is 17.2 Å². The molecule has 0 aliphatic carbocycles. The Balaban J connectivity index is 1.38. The minimum absolute atomic E-state index is 0.0784. The van der Waals surface area contributed by atoms with Gasteiger partial charge in [-0.1, -0.05) is 19.1 Å². The zero-order chi connectivity index (χ0) is 28.5. The lowest BCUT2D eigenvalue weighted by Crippen LogP contribution is -2.48. The molecule has 0 atom stereocenters. The van der Waals surface area contributed by atoms with Crippen molar-refractivity contribution in [2.45, 2.75) is 34.1 Å². The van der Waals surface area contributed by atoms with Crippen LogP contribution < -0.4 is 24.4 Å². The predicted molar refractivity (Wildman–Crippen MR) is 158 cm³/mol. The summed E-state index contributed by atoms with van der Waals surface area (Å²) in [6, 6.07) is 19.0. The molecule has 1 saturated heterocycles. The van der Waals surface area contributed by atoms with Gasteiger partial charge in [0, 0.05) is 48.7 Å². The van der Waals surface area contributed by atoms with Crippen LogP contribution >= 0.6 is 0 Å². The number of nitrogens with zero attached hydrogens (tertiary/aromatic N) is 2. The average molecular weight is 546 g/mol. The number of carbonyl (C=O) groups is 2. The fraction of sp³-hybridized carbons (Fsp3) is 0.375. The standard InChI is InChI=1S/C32H39N3O5/c1-5-23-9-11-24(12-10-23)32(37)35-19-17-34(18-20-35)27-15-13-26(14-16-27)33-31(36)25-21-28(38-6-2)30(40-8-4)29(22-25)39-7-3/h9-16,21-22H,5-8,17-20H2,1-4H3,(H,33,36). The summed E-state index contributed by atoms with van der Waals surface area (Å²) < 4.78 is 17.2. The van der Waals surface area contributed by atoms with Crippen LogP contribution in [0.1, 0.15) is 54.0 Å². The maximum atomic E-state index is 13.1. The van der Waals surface area contributed by atoms with Gasteiger partial charge in [-0.15, -0.1) is 0 Å². The van der Waals surface area contributed by atoms with Crippen LogP contribution in [0.2, 0.25) is 0 Å². The third-order valence-electron chi connectivity index (χ3n) is 6.84. The molecule has 1 N–H and O–H groups in total. The molecule has 0 bridgehead atoms. The molecule has 2 amide bonds. The van der Waals surface area contributed by atoms with Crippen molar-refractivity contribution in [2.75, 3.05) is 56.2 Å². The second-order valence-electron chi connectivity index (χ2n) is 9.43. The molecule has 8 heteroatoms. The fourth-order valence-electron chi connectivity index (χ4n) is 4.71. The minimum Gasteiger partial charge on any atom is -0.490 e. The van der Waals surface area contributed by atoms with E-state index in [4.69, 9.17) is 14.2 Å². The van der Waals surface area contributed by atoms with E-state index in [0.29, 0.717) is 61.4 Å². The molecule has 0 saturated carbocycles. The van der Waals surface area contributed by atoms with Crippen molar-refractivity contribution in [1.29, 1.82) is 0 Å². The van der Waals surface area contributed by atoms with E-state index in [9.17, 15) is 9.59 Å². The van der Waals surface area contributed by atoms with Crippen LogP contribution in [0.5, 0.6) is 17.2 Å². The lowest BCUT2D eigenvalue weighted by atomic mass is 10.1. The van der Waals surface area contributed by atoms with Gasteiger partial charge in [0.25, 0.3) is 11.8 Å². The van der Waals surface area contributed by atoms with Gasteiger partial charge in [0.15, 0.2) is 11.5 Å². The molecule has 1 aliphatic rings. The number of benzene rings is 3.